The molecule has 198 valence electrons. The average molecular weight is 490 g/mol. The van der Waals surface area contributed by atoms with Crippen LogP contribution in [0, 0.1) is 12.8 Å². The minimum Gasteiger partial charge on any atom is -0.388 e. The molecule has 36 heavy (non-hydrogen) atoms. The minimum absolute atomic E-state index is 0.592. The molecule has 0 unspecified atom stereocenters. The Hall–Kier alpha value is -2.68. The van der Waals surface area contributed by atoms with Gasteiger partial charge in [-0.15, -0.1) is 0 Å². The Bertz CT molecular complexity index is 916. The lowest BCUT2D eigenvalue weighted by molar-refractivity contribution is 0.556. The van der Waals surface area contributed by atoms with Gasteiger partial charge in [-0.05, 0) is 83.3 Å². The maximum absolute atomic E-state index is 5.16. The van der Waals surface area contributed by atoms with Crippen LogP contribution in [0.4, 0.5) is 0 Å². The number of nitrogens with zero attached hydrogens (tertiary/aromatic N) is 2. The molecule has 0 radical (unpaired) electrons. The van der Waals surface area contributed by atoms with E-state index in [1.54, 1.807) is 14.0 Å². The smallest absolute Gasteiger partial charge is 0.0902 e. The van der Waals surface area contributed by atoms with Crippen LogP contribution in [0.25, 0.3) is 0 Å². The largest absolute Gasteiger partial charge is 0.388 e. The Labute approximate surface area is 222 Å². The van der Waals surface area contributed by atoms with Crippen molar-refractivity contribution in [1.29, 1.82) is 0 Å². The van der Waals surface area contributed by atoms with E-state index in [0.717, 1.165) is 31.4 Å². The number of aliphatic imine (C=N–C) groups is 2. The monoisotopic (exact) mass is 489 g/mol. The number of aryl methyl sites for hydroxylation is 1. The molecule has 2 N–H and O–H groups in total. The van der Waals surface area contributed by atoms with Gasteiger partial charge >= 0.3 is 0 Å². The highest BCUT2D eigenvalue weighted by atomic mass is 14.8. The molecule has 3 heteroatoms. The van der Waals surface area contributed by atoms with Gasteiger partial charge in [0.15, 0.2) is 0 Å². The summed E-state index contributed by atoms with van der Waals surface area (Å²) < 4.78 is 0. The highest BCUT2D eigenvalue weighted by Crippen LogP contribution is 2.22. The van der Waals surface area contributed by atoms with Crippen LogP contribution in [-0.2, 0) is 6.42 Å². The van der Waals surface area contributed by atoms with Gasteiger partial charge in [0.25, 0.3) is 0 Å². The van der Waals surface area contributed by atoms with Crippen molar-refractivity contribution >= 4 is 11.5 Å². The lowest BCUT2D eigenvalue weighted by atomic mass is 9.93. The summed E-state index contributed by atoms with van der Waals surface area (Å²) in [7, 11) is 1.66. The zero-order valence-corrected chi connectivity index (χ0v) is 23.9. The molecule has 0 aromatic heterocycles. The second-order valence-electron chi connectivity index (χ2n) is 9.96. The first kappa shape index (κ1) is 31.4. The van der Waals surface area contributed by atoms with Crippen LogP contribution in [-0.4, -0.2) is 18.6 Å². The summed E-state index contributed by atoms with van der Waals surface area (Å²) >= 11 is 0. The van der Waals surface area contributed by atoms with Crippen molar-refractivity contribution in [2.45, 2.75) is 98.8 Å². The van der Waals surface area contributed by atoms with Crippen LogP contribution in [0.1, 0.15) is 96.6 Å². The van der Waals surface area contributed by atoms with Crippen LogP contribution in [0.2, 0.25) is 0 Å². The Kier molecular flexibility index (Phi) is 16.2. The van der Waals surface area contributed by atoms with E-state index in [2.05, 4.69) is 87.8 Å². The second kappa shape index (κ2) is 18.6. The van der Waals surface area contributed by atoms with Gasteiger partial charge in [0.2, 0.25) is 0 Å². The SMILES string of the molecule is C=C(/C=C(/Cc1ccc(C)cc1)N=C(C)C(CCC)CCC)CCCC1=CCCC=C1.CN=C(C)N. The predicted molar refractivity (Wildman–Crippen MR) is 162 cm³/mol. The first-order valence-corrected chi connectivity index (χ1v) is 13.8. The van der Waals surface area contributed by atoms with E-state index in [1.807, 2.05) is 0 Å². The molecule has 3 nitrogen and oxygen atoms in total. The number of allylic oxidation sites excluding steroid dienone is 7. The number of rotatable bonds is 13. The van der Waals surface area contributed by atoms with E-state index >= 15 is 0 Å². The fourth-order valence-corrected chi connectivity index (χ4v) is 4.30. The highest BCUT2D eigenvalue weighted by molar-refractivity contribution is 5.85. The fourth-order valence-electron chi connectivity index (χ4n) is 4.30. The predicted octanol–water partition coefficient (Wildman–Crippen LogP) is 9.09. The first-order chi connectivity index (χ1) is 17.3. The van der Waals surface area contributed by atoms with E-state index < -0.39 is 0 Å². The standard InChI is InChI=1S/C30H43N.C3H8N2/c1-6-12-29(13-7-2)26(5)31-30(23-28-20-18-24(3)19-21-28)22-25(4)14-11-17-27-15-9-8-10-16-27;1-3(4)5-2/h9,15-16,18-22,29H,4,6-8,10-14,17,23H2,1-3,5H3;1-2H3,(H2,4,5)/b30-22-,31-26?;. The van der Waals surface area contributed by atoms with Crippen LogP contribution in [0.15, 0.2) is 82.0 Å². The lowest BCUT2D eigenvalue weighted by Gasteiger charge is -2.16. The van der Waals surface area contributed by atoms with Crippen molar-refractivity contribution in [3.8, 4) is 0 Å². The number of hydrogen-bond donors (Lipinski definition) is 1. The van der Waals surface area contributed by atoms with Crippen molar-refractivity contribution in [2.24, 2.45) is 21.6 Å². The maximum atomic E-state index is 5.16. The van der Waals surface area contributed by atoms with E-state index in [4.69, 9.17) is 10.7 Å². The average Bonchev–Trinajstić information content (AvgIpc) is 2.86. The van der Waals surface area contributed by atoms with Gasteiger partial charge in [0.1, 0.15) is 0 Å². The molecule has 1 aliphatic carbocycles. The Balaban J connectivity index is 0.00000118. The molecule has 2 rings (SSSR count). The van der Waals surface area contributed by atoms with Gasteiger partial charge < -0.3 is 5.73 Å². The molecule has 1 aromatic rings. The molecule has 0 amide bonds. The Morgan fingerprint density at radius 2 is 1.72 bits per heavy atom. The zero-order chi connectivity index (χ0) is 26.8. The number of hydrogen-bond acceptors (Lipinski definition) is 2. The summed E-state index contributed by atoms with van der Waals surface area (Å²) in [6, 6.07) is 8.85. The van der Waals surface area contributed by atoms with E-state index in [1.165, 1.54) is 66.5 Å². The summed E-state index contributed by atoms with van der Waals surface area (Å²) in [6.07, 6.45) is 20.7. The summed E-state index contributed by atoms with van der Waals surface area (Å²) in [6.45, 7) is 15.0. The van der Waals surface area contributed by atoms with Crippen LogP contribution < -0.4 is 5.73 Å². The first-order valence-electron chi connectivity index (χ1n) is 13.8. The zero-order valence-electron chi connectivity index (χ0n) is 23.9. The quantitative estimate of drug-likeness (QED) is 0.168. The van der Waals surface area contributed by atoms with Gasteiger partial charge in [0.05, 0.1) is 5.84 Å². The van der Waals surface area contributed by atoms with Gasteiger partial charge in [-0.2, -0.15) is 0 Å². The Morgan fingerprint density at radius 1 is 1.08 bits per heavy atom. The molecule has 1 aromatic carbocycles. The van der Waals surface area contributed by atoms with Crippen molar-refractivity contribution in [3.05, 3.63) is 83.1 Å². The number of benzene rings is 1. The third-order valence-corrected chi connectivity index (χ3v) is 6.45. The molecule has 1 aliphatic rings. The molecule has 0 bridgehead atoms. The molecule has 0 atom stereocenters. The topological polar surface area (TPSA) is 50.7 Å². The van der Waals surface area contributed by atoms with Crippen LogP contribution in [0.5, 0.6) is 0 Å². The Morgan fingerprint density at radius 3 is 2.25 bits per heavy atom. The van der Waals surface area contributed by atoms with Gasteiger partial charge in [-0.3, -0.25) is 9.98 Å². The molecule has 0 heterocycles. The maximum Gasteiger partial charge on any atom is 0.0902 e. The summed E-state index contributed by atoms with van der Waals surface area (Å²) in [4.78, 5) is 8.75. The van der Waals surface area contributed by atoms with Gasteiger partial charge in [-0.1, -0.05) is 92.5 Å². The van der Waals surface area contributed by atoms with Crippen molar-refractivity contribution in [1.82, 2.24) is 0 Å². The van der Waals surface area contributed by atoms with Crippen LogP contribution >= 0.6 is 0 Å². The van der Waals surface area contributed by atoms with E-state index in [-0.39, 0.29) is 0 Å². The fraction of sp³-hybridized carbons (Fsp3) is 0.515. The highest BCUT2D eigenvalue weighted by Gasteiger charge is 2.11. The molecule has 0 saturated carbocycles. The second-order valence-corrected chi connectivity index (χ2v) is 9.96. The molecule has 0 spiro atoms. The van der Waals surface area contributed by atoms with Crippen molar-refractivity contribution in [3.63, 3.8) is 0 Å². The molecule has 0 fully saturated rings. The molecular formula is C33H51N3. The summed E-state index contributed by atoms with van der Waals surface area (Å²) in [5, 5.41) is 0. The van der Waals surface area contributed by atoms with E-state index in [0.29, 0.717) is 11.8 Å². The molecule has 0 saturated heterocycles. The third-order valence-electron chi connectivity index (χ3n) is 6.45. The number of nitrogens with two attached hydrogens (primary N) is 1. The summed E-state index contributed by atoms with van der Waals surface area (Å²) in [5.41, 5.74) is 12.8. The van der Waals surface area contributed by atoms with Gasteiger partial charge in [-0.25, -0.2) is 0 Å². The summed E-state index contributed by atoms with van der Waals surface area (Å²) in [5.74, 6) is 1.22. The lowest BCUT2D eigenvalue weighted by Crippen LogP contribution is -2.11. The van der Waals surface area contributed by atoms with E-state index in [9.17, 15) is 0 Å². The normalized spacial score (nSPS) is 14.4. The number of amidine groups is 1. The minimum atomic E-state index is 0.592. The molecular weight excluding hydrogens is 438 g/mol. The van der Waals surface area contributed by atoms with Crippen LogP contribution in [0.3, 0.4) is 0 Å². The van der Waals surface area contributed by atoms with Crippen molar-refractivity contribution in [2.75, 3.05) is 7.05 Å². The van der Waals surface area contributed by atoms with Gasteiger partial charge in [0, 0.05) is 24.9 Å². The van der Waals surface area contributed by atoms with Crippen molar-refractivity contribution < 1.29 is 0 Å². The molecule has 0 aliphatic heterocycles. The third kappa shape index (κ3) is 14.0.